The summed E-state index contributed by atoms with van der Waals surface area (Å²) in [6, 6.07) is 9.34. The quantitative estimate of drug-likeness (QED) is 0.561. The second-order valence-electron chi connectivity index (χ2n) is 4.68. The van der Waals surface area contributed by atoms with Gasteiger partial charge >= 0.3 is 5.97 Å². The van der Waals surface area contributed by atoms with Crippen LogP contribution in [0.3, 0.4) is 0 Å². The number of carbonyl (C=O) groups is 2. The van der Waals surface area contributed by atoms with Gasteiger partial charge < -0.3 is 9.64 Å². The van der Waals surface area contributed by atoms with E-state index in [1.165, 1.54) is 0 Å². The molecule has 1 unspecified atom stereocenters. The second kappa shape index (κ2) is 4.80. The van der Waals surface area contributed by atoms with Gasteiger partial charge in [-0.2, -0.15) is 0 Å². The van der Waals surface area contributed by atoms with Gasteiger partial charge in [0.2, 0.25) is 5.91 Å². The van der Waals surface area contributed by atoms with Gasteiger partial charge in [-0.15, -0.1) is 0 Å². The molecule has 2 rings (SSSR count). The van der Waals surface area contributed by atoms with Crippen LogP contribution in [0.5, 0.6) is 0 Å². The highest BCUT2D eigenvalue weighted by Crippen LogP contribution is 2.29. The zero-order valence-electron chi connectivity index (χ0n) is 10.8. The molecule has 0 aliphatic carbocycles. The number of esters is 1. The summed E-state index contributed by atoms with van der Waals surface area (Å²) in [6.45, 7) is 3.47. The molecule has 0 radical (unpaired) electrons. The van der Waals surface area contributed by atoms with Crippen LogP contribution in [-0.4, -0.2) is 29.9 Å². The third-order valence-corrected chi connectivity index (χ3v) is 3.49. The van der Waals surface area contributed by atoms with E-state index < -0.39 is 18.0 Å². The first-order chi connectivity index (χ1) is 8.52. The fourth-order valence-corrected chi connectivity index (χ4v) is 2.13. The first kappa shape index (κ1) is 12.6. The van der Waals surface area contributed by atoms with Crippen molar-refractivity contribution in [2.24, 2.45) is 5.92 Å². The van der Waals surface area contributed by atoms with Crippen LogP contribution >= 0.6 is 0 Å². The van der Waals surface area contributed by atoms with Crippen LogP contribution in [0.25, 0.3) is 0 Å². The highest BCUT2D eigenvalue weighted by Gasteiger charge is 2.38. The van der Waals surface area contributed by atoms with Crippen LogP contribution in [0.1, 0.15) is 25.5 Å². The van der Waals surface area contributed by atoms with Crippen LogP contribution in [0.4, 0.5) is 0 Å². The molecule has 4 heteroatoms. The molecule has 1 aromatic carbocycles. The van der Waals surface area contributed by atoms with Crippen LogP contribution in [0.15, 0.2) is 30.3 Å². The third-order valence-electron chi connectivity index (χ3n) is 3.49. The maximum atomic E-state index is 12.0. The first-order valence-corrected chi connectivity index (χ1v) is 6.04. The molecule has 1 aromatic rings. The number of carbonyl (C=O) groups excluding carboxylic acids is 2. The van der Waals surface area contributed by atoms with Crippen molar-refractivity contribution < 1.29 is 14.3 Å². The lowest BCUT2D eigenvalue weighted by Gasteiger charge is -2.28. The van der Waals surface area contributed by atoms with E-state index >= 15 is 0 Å². The molecule has 1 heterocycles. The van der Waals surface area contributed by atoms with Crippen molar-refractivity contribution in [2.45, 2.75) is 26.0 Å². The van der Waals surface area contributed by atoms with E-state index in [9.17, 15) is 9.59 Å². The Balaban J connectivity index is 2.36. The third kappa shape index (κ3) is 2.10. The normalized spacial score (nSPS) is 28.8. The van der Waals surface area contributed by atoms with Gasteiger partial charge in [-0.25, -0.2) is 0 Å². The summed E-state index contributed by atoms with van der Waals surface area (Å²) in [5.41, 5.74) is 0.909. The van der Waals surface area contributed by atoms with Crippen molar-refractivity contribution in [2.75, 3.05) is 7.05 Å². The summed E-state index contributed by atoms with van der Waals surface area (Å²) in [5.74, 6) is -1.37. The lowest BCUT2D eigenvalue weighted by atomic mass is 10.0. The van der Waals surface area contributed by atoms with E-state index in [0.29, 0.717) is 0 Å². The highest BCUT2D eigenvalue weighted by atomic mass is 16.5. The smallest absolute Gasteiger partial charge is 0.318 e. The summed E-state index contributed by atoms with van der Waals surface area (Å²) < 4.78 is 5.46. The number of amides is 1. The number of likely N-dealkylation sites (N-methyl/N-ethyl adjacent to an activating group) is 1. The van der Waals surface area contributed by atoms with E-state index in [2.05, 4.69) is 0 Å². The Morgan fingerprint density at radius 3 is 2.33 bits per heavy atom. The Kier molecular flexibility index (Phi) is 3.36. The second-order valence-corrected chi connectivity index (χ2v) is 4.68. The molecule has 1 fully saturated rings. The Labute approximate surface area is 107 Å². The SMILES string of the molecule is CC1C(=O)O[C@H](c2ccccc2)[C@H](C)N(C)C1=O. The molecule has 1 aliphatic rings. The molecule has 18 heavy (non-hydrogen) atoms. The maximum Gasteiger partial charge on any atom is 0.318 e. The average Bonchev–Trinajstić information content (AvgIpc) is 2.47. The summed E-state index contributed by atoms with van der Waals surface area (Å²) in [4.78, 5) is 25.4. The molecule has 0 saturated carbocycles. The summed E-state index contributed by atoms with van der Waals surface area (Å²) in [6.07, 6.45) is -0.405. The molecular formula is C14H17NO3. The number of benzene rings is 1. The van der Waals surface area contributed by atoms with Crippen molar-refractivity contribution in [1.29, 1.82) is 0 Å². The number of rotatable bonds is 1. The summed E-state index contributed by atoms with van der Waals surface area (Å²) in [7, 11) is 1.71. The Bertz CT molecular complexity index is 457. The van der Waals surface area contributed by atoms with E-state index in [1.807, 2.05) is 37.3 Å². The van der Waals surface area contributed by atoms with Crippen molar-refractivity contribution >= 4 is 11.9 Å². The molecule has 1 saturated heterocycles. The van der Waals surface area contributed by atoms with Gasteiger partial charge in [-0.3, -0.25) is 9.59 Å². The zero-order valence-corrected chi connectivity index (χ0v) is 10.8. The number of ether oxygens (including phenoxy) is 1. The molecule has 1 aliphatic heterocycles. The van der Waals surface area contributed by atoms with Crippen LogP contribution < -0.4 is 0 Å². The summed E-state index contributed by atoms with van der Waals surface area (Å²) >= 11 is 0. The fraction of sp³-hybridized carbons (Fsp3) is 0.429. The van der Waals surface area contributed by atoms with Crippen molar-refractivity contribution in [3.63, 3.8) is 0 Å². The minimum atomic E-state index is -0.730. The van der Waals surface area contributed by atoms with Crippen molar-refractivity contribution in [3.05, 3.63) is 35.9 Å². The topological polar surface area (TPSA) is 46.6 Å². The zero-order chi connectivity index (χ0) is 13.3. The molecular weight excluding hydrogens is 230 g/mol. The molecule has 1 amide bonds. The number of cyclic esters (lactones) is 1. The van der Waals surface area contributed by atoms with Gasteiger partial charge in [0, 0.05) is 7.05 Å². The molecule has 96 valence electrons. The first-order valence-electron chi connectivity index (χ1n) is 6.04. The monoisotopic (exact) mass is 247 g/mol. The molecule has 0 aromatic heterocycles. The van der Waals surface area contributed by atoms with Crippen molar-refractivity contribution in [1.82, 2.24) is 4.90 Å². The van der Waals surface area contributed by atoms with Gasteiger partial charge in [0.15, 0.2) is 0 Å². The Morgan fingerprint density at radius 1 is 1.11 bits per heavy atom. The van der Waals surface area contributed by atoms with Crippen LogP contribution in [0.2, 0.25) is 0 Å². The van der Waals surface area contributed by atoms with Gasteiger partial charge in [0.1, 0.15) is 12.0 Å². The standard InChI is InChI=1S/C14H17NO3/c1-9-13(16)15(3)10(2)12(18-14(9)17)11-7-5-4-6-8-11/h4-10,12H,1-3H3/t9?,10-,12-/m0/s1. The van der Waals surface area contributed by atoms with Gasteiger partial charge in [0.05, 0.1) is 6.04 Å². The molecule has 0 N–H and O–H groups in total. The maximum absolute atomic E-state index is 12.0. The molecule has 0 spiro atoms. The number of nitrogens with zero attached hydrogens (tertiary/aromatic N) is 1. The van der Waals surface area contributed by atoms with E-state index in [-0.39, 0.29) is 11.9 Å². The van der Waals surface area contributed by atoms with Crippen LogP contribution in [0, 0.1) is 5.92 Å². The number of hydrogen-bond acceptors (Lipinski definition) is 3. The van der Waals surface area contributed by atoms with Gasteiger partial charge in [-0.1, -0.05) is 30.3 Å². The largest absolute Gasteiger partial charge is 0.455 e. The number of hydrogen-bond donors (Lipinski definition) is 0. The Hall–Kier alpha value is -1.84. The molecule has 3 atom stereocenters. The fourth-order valence-electron chi connectivity index (χ4n) is 2.13. The lowest BCUT2D eigenvalue weighted by molar-refractivity contribution is -0.154. The predicted octanol–water partition coefficient (Wildman–Crippen LogP) is 1.77. The van der Waals surface area contributed by atoms with E-state index in [0.717, 1.165) is 5.56 Å². The Morgan fingerprint density at radius 2 is 1.72 bits per heavy atom. The van der Waals surface area contributed by atoms with Crippen molar-refractivity contribution in [3.8, 4) is 0 Å². The summed E-state index contributed by atoms with van der Waals surface area (Å²) in [5, 5.41) is 0. The minimum Gasteiger partial charge on any atom is -0.455 e. The lowest BCUT2D eigenvalue weighted by Crippen LogP contribution is -2.39. The minimum absolute atomic E-state index is 0.172. The molecule has 0 bridgehead atoms. The highest BCUT2D eigenvalue weighted by molar-refractivity contribution is 5.98. The average molecular weight is 247 g/mol. The van der Waals surface area contributed by atoms with Crippen LogP contribution in [-0.2, 0) is 14.3 Å². The van der Waals surface area contributed by atoms with E-state index in [4.69, 9.17) is 4.74 Å². The molecule has 4 nitrogen and oxygen atoms in total. The predicted molar refractivity (Wildman–Crippen MR) is 66.7 cm³/mol. The van der Waals surface area contributed by atoms with Gasteiger partial charge in [-0.05, 0) is 19.4 Å². The van der Waals surface area contributed by atoms with E-state index in [1.54, 1.807) is 18.9 Å². The van der Waals surface area contributed by atoms with Gasteiger partial charge in [0.25, 0.3) is 0 Å².